The van der Waals surface area contributed by atoms with Crippen molar-refractivity contribution in [2.45, 2.75) is 6.92 Å². The Balaban J connectivity index is 1.95. The number of hydrogen-bond donors (Lipinski definition) is 0. The minimum absolute atomic E-state index is 1.04. The molecule has 1 heterocycles. The summed E-state index contributed by atoms with van der Waals surface area (Å²) >= 11 is 0. The van der Waals surface area contributed by atoms with Crippen molar-refractivity contribution in [2.24, 2.45) is 0 Å². The highest BCUT2D eigenvalue weighted by Gasteiger charge is 1.95. The fourth-order valence-corrected chi connectivity index (χ4v) is 2.14. The van der Waals surface area contributed by atoms with Gasteiger partial charge in [-0.05, 0) is 35.7 Å². The summed E-state index contributed by atoms with van der Waals surface area (Å²) in [5, 5.41) is 1.18. The van der Waals surface area contributed by atoms with Gasteiger partial charge in [-0.1, -0.05) is 54.6 Å². The van der Waals surface area contributed by atoms with Crippen LogP contribution in [0.25, 0.3) is 23.1 Å². The summed E-state index contributed by atoms with van der Waals surface area (Å²) in [6.07, 6.45) is 6.17. The Morgan fingerprint density at radius 3 is 2.58 bits per heavy atom. The molecule has 0 atom stereocenters. The third kappa shape index (κ3) is 2.55. The summed E-state index contributed by atoms with van der Waals surface area (Å²) in [6.45, 7) is 2.12. The number of para-hydroxylation sites is 1. The van der Waals surface area contributed by atoms with Crippen molar-refractivity contribution in [1.82, 2.24) is 4.98 Å². The Morgan fingerprint density at radius 1 is 0.895 bits per heavy atom. The third-order valence-electron chi connectivity index (χ3n) is 3.26. The van der Waals surface area contributed by atoms with Crippen molar-refractivity contribution in [3.8, 4) is 0 Å². The van der Waals surface area contributed by atoms with Gasteiger partial charge in [0.25, 0.3) is 0 Å². The largest absolute Gasteiger partial charge is 0.256 e. The number of benzene rings is 2. The van der Waals surface area contributed by atoms with E-state index in [1.165, 1.54) is 16.5 Å². The smallest absolute Gasteiger partial charge is 0.0702 e. The molecule has 1 heteroatoms. The minimum Gasteiger partial charge on any atom is -0.256 e. The van der Waals surface area contributed by atoms with Crippen LogP contribution in [0, 0.1) is 6.92 Å². The zero-order chi connectivity index (χ0) is 13.1. The molecule has 0 aliphatic carbocycles. The summed E-state index contributed by atoms with van der Waals surface area (Å²) in [5.41, 5.74) is 4.70. The van der Waals surface area contributed by atoms with Crippen LogP contribution < -0.4 is 0 Å². The van der Waals surface area contributed by atoms with Gasteiger partial charge in [0.2, 0.25) is 0 Å². The Bertz CT molecular complexity index is 741. The molecule has 0 spiro atoms. The molecule has 1 aromatic heterocycles. The van der Waals surface area contributed by atoms with Crippen molar-refractivity contribution in [3.05, 3.63) is 77.5 Å². The van der Waals surface area contributed by atoms with E-state index in [-0.39, 0.29) is 0 Å². The summed E-state index contributed by atoms with van der Waals surface area (Å²) < 4.78 is 0. The van der Waals surface area contributed by atoms with Gasteiger partial charge in [-0.25, -0.2) is 0 Å². The van der Waals surface area contributed by atoms with Crippen LogP contribution in [0.5, 0.6) is 0 Å². The van der Waals surface area contributed by atoms with Crippen molar-refractivity contribution < 1.29 is 0 Å². The molecule has 0 amide bonds. The maximum atomic E-state index is 4.46. The van der Waals surface area contributed by atoms with Crippen LogP contribution in [-0.4, -0.2) is 4.98 Å². The molecule has 1 nitrogen and oxygen atoms in total. The lowest BCUT2D eigenvalue weighted by Gasteiger charge is -2.00. The highest BCUT2D eigenvalue weighted by atomic mass is 14.6. The number of pyridine rings is 1. The van der Waals surface area contributed by atoms with Crippen LogP contribution in [0.2, 0.25) is 0 Å². The van der Waals surface area contributed by atoms with Crippen molar-refractivity contribution in [3.63, 3.8) is 0 Å². The van der Waals surface area contributed by atoms with Gasteiger partial charge in [0.1, 0.15) is 0 Å². The zero-order valence-corrected chi connectivity index (χ0v) is 10.9. The number of hydrogen-bond acceptors (Lipinski definition) is 1. The first-order valence-electron chi connectivity index (χ1n) is 6.41. The number of nitrogens with zero attached hydrogens (tertiary/aromatic N) is 1. The van der Waals surface area contributed by atoms with Gasteiger partial charge in [0.15, 0.2) is 0 Å². The molecule has 0 saturated heterocycles. The molecule has 19 heavy (non-hydrogen) atoms. The maximum absolute atomic E-state index is 4.46. The van der Waals surface area contributed by atoms with Gasteiger partial charge in [-0.3, -0.25) is 4.98 Å². The normalized spacial score (nSPS) is 11.2. The molecule has 0 saturated carbocycles. The van der Waals surface area contributed by atoms with Crippen molar-refractivity contribution in [1.29, 1.82) is 0 Å². The maximum Gasteiger partial charge on any atom is 0.0702 e. The molecule has 0 unspecified atom stereocenters. The van der Waals surface area contributed by atoms with E-state index in [4.69, 9.17) is 0 Å². The highest BCUT2D eigenvalue weighted by molar-refractivity contribution is 5.82. The van der Waals surface area contributed by atoms with Crippen LogP contribution in [0.15, 0.2) is 60.8 Å². The Morgan fingerprint density at radius 2 is 1.68 bits per heavy atom. The van der Waals surface area contributed by atoms with Gasteiger partial charge in [0, 0.05) is 11.6 Å². The minimum atomic E-state index is 1.04. The second kappa shape index (κ2) is 5.07. The molecule has 0 aliphatic heterocycles. The lowest BCUT2D eigenvalue weighted by molar-refractivity contribution is 1.40. The summed E-state index contributed by atoms with van der Waals surface area (Å²) in [4.78, 5) is 4.46. The summed E-state index contributed by atoms with van der Waals surface area (Å²) in [7, 11) is 0. The molecule has 0 bridgehead atoms. The van der Waals surface area contributed by atoms with Crippen LogP contribution in [0.4, 0.5) is 0 Å². The molecule has 2 aromatic carbocycles. The van der Waals surface area contributed by atoms with Gasteiger partial charge in [-0.15, -0.1) is 0 Å². The first-order chi connectivity index (χ1) is 9.33. The van der Waals surface area contributed by atoms with Crippen molar-refractivity contribution in [2.75, 3.05) is 0 Å². The molecule has 3 aromatic rings. The van der Waals surface area contributed by atoms with Gasteiger partial charge < -0.3 is 0 Å². The fourth-order valence-electron chi connectivity index (χ4n) is 2.14. The van der Waals surface area contributed by atoms with Gasteiger partial charge in [0.05, 0.1) is 5.52 Å². The molecule has 0 fully saturated rings. The van der Waals surface area contributed by atoms with E-state index in [1.54, 1.807) is 0 Å². The predicted molar refractivity (Wildman–Crippen MR) is 81.9 cm³/mol. The molecule has 0 N–H and O–H groups in total. The molecule has 3 rings (SSSR count). The Labute approximate surface area is 113 Å². The van der Waals surface area contributed by atoms with E-state index < -0.39 is 0 Å². The highest BCUT2D eigenvalue weighted by Crippen LogP contribution is 2.16. The van der Waals surface area contributed by atoms with Crippen molar-refractivity contribution >= 4 is 23.1 Å². The van der Waals surface area contributed by atoms with Crippen LogP contribution in [-0.2, 0) is 0 Å². The molecule has 92 valence electrons. The standard InChI is InChI=1S/C18H15N/c1-14-6-2-3-7-16(14)11-10-15-12-17-8-4-5-9-18(17)19-13-15/h2-13H,1H3/b11-10+. The summed E-state index contributed by atoms with van der Waals surface area (Å²) in [5.74, 6) is 0. The molecule has 0 aliphatic rings. The van der Waals surface area contributed by atoms with E-state index in [0.717, 1.165) is 11.1 Å². The third-order valence-corrected chi connectivity index (χ3v) is 3.26. The monoisotopic (exact) mass is 245 g/mol. The van der Waals surface area contributed by atoms with Gasteiger partial charge >= 0.3 is 0 Å². The quantitative estimate of drug-likeness (QED) is 0.637. The van der Waals surface area contributed by atoms with E-state index in [2.05, 4.69) is 60.5 Å². The zero-order valence-electron chi connectivity index (χ0n) is 10.9. The van der Waals surface area contributed by atoms with E-state index >= 15 is 0 Å². The van der Waals surface area contributed by atoms with E-state index in [1.807, 2.05) is 24.4 Å². The number of aromatic nitrogens is 1. The summed E-state index contributed by atoms with van der Waals surface area (Å²) in [6, 6.07) is 18.7. The molecule has 0 radical (unpaired) electrons. The van der Waals surface area contributed by atoms with Crippen LogP contribution in [0.3, 0.4) is 0 Å². The topological polar surface area (TPSA) is 12.9 Å². The Hall–Kier alpha value is -2.41. The Kier molecular flexibility index (Phi) is 3.11. The lowest BCUT2D eigenvalue weighted by Crippen LogP contribution is -1.81. The first kappa shape index (κ1) is 11.7. The first-order valence-corrected chi connectivity index (χ1v) is 6.41. The number of aryl methyl sites for hydroxylation is 1. The molecular formula is C18H15N. The number of rotatable bonds is 2. The van der Waals surface area contributed by atoms with E-state index in [9.17, 15) is 0 Å². The fraction of sp³-hybridized carbons (Fsp3) is 0.0556. The average molecular weight is 245 g/mol. The predicted octanol–water partition coefficient (Wildman–Crippen LogP) is 4.71. The SMILES string of the molecule is Cc1ccccc1/C=C/c1cnc2ccccc2c1. The molecular weight excluding hydrogens is 230 g/mol. The number of fused-ring (bicyclic) bond motifs is 1. The second-order valence-electron chi connectivity index (χ2n) is 4.65. The van der Waals surface area contributed by atoms with Crippen LogP contribution in [0.1, 0.15) is 16.7 Å². The average Bonchev–Trinajstić information content (AvgIpc) is 2.46. The van der Waals surface area contributed by atoms with E-state index in [0.29, 0.717) is 0 Å². The second-order valence-corrected chi connectivity index (χ2v) is 4.65. The lowest BCUT2D eigenvalue weighted by atomic mass is 10.1. The van der Waals surface area contributed by atoms with Crippen LogP contribution >= 0.6 is 0 Å². The van der Waals surface area contributed by atoms with Gasteiger partial charge in [-0.2, -0.15) is 0 Å².